The summed E-state index contributed by atoms with van der Waals surface area (Å²) in [5.74, 6) is 0.855. The number of nitrogens with zero attached hydrogens (tertiary/aromatic N) is 3. The molecule has 1 fully saturated rings. The van der Waals surface area contributed by atoms with Gasteiger partial charge in [0.05, 0.1) is 12.5 Å². The Bertz CT molecular complexity index is 624. The predicted molar refractivity (Wildman–Crippen MR) is 110 cm³/mol. The number of hydrogen-bond acceptors (Lipinski definition) is 4. The van der Waals surface area contributed by atoms with E-state index in [2.05, 4.69) is 58.3 Å². The molecular formula is C21H34N4O2. The van der Waals surface area contributed by atoms with Crippen LogP contribution in [0, 0.1) is 5.92 Å². The van der Waals surface area contributed by atoms with E-state index in [0.29, 0.717) is 6.61 Å². The molecule has 0 radical (unpaired) electrons. The quantitative estimate of drug-likeness (QED) is 0.451. The SMILES string of the molecule is CCOC(=O)C1CCN(C(=NC)NCc2cccc(CN(C)CC)c2)CC1. The molecule has 1 aliphatic heterocycles. The molecule has 1 heterocycles. The lowest BCUT2D eigenvalue weighted by molar-refractivity contribution is -0.149. The van der Waals surface area contributed by atoms with E-state index in [-0.39, 0.29) is 11.9 Å². The summed E-state index contributed by atoms with van der Waals surface area (Å²) < 4.78 is 5.15. The average molecular weight is 375 g/mol. The molecule has 2 rings (SSSR count). The number of aliphatic imine (C=N–C) groups is 1. The molecule has 1 aromatic rings. The lowest BCUT2D eigenvalue weighted by Gasteiger charge is -2.33. The number of rotatable bonds is 7. The van der Waals surface area contributed by atoms with Gasteiger partial charge in [-0.2, -0.15) is 0 Å². The van der Waals surface area contributed by atoms with E-state index in [1.807, 2.05) is 14.0 Å². The number of nitrogens with one attached hydrogen (secondary N) is 1. The van der Waals surface area contributed by atoms with Crippen molar-refractivity contribution in [2.75, 3.05) is 40.3 Å². The highest BCUT2D eigenvalue weighted by Gasteiger charge is 2.27. The van der Waals surface area contributed by atoms with E-state index in [1.165, 1.54) is 11.1 Å². The monoisotopic (exact) mass is 374 g/mol. The molecule has 0 spiro atoms. The highest BCUT2D eigenvalue weighted by Crippen LogP contribution is 2.19. The Labute approximate surface area is 163 Å². The van der Waals surface area contributed by atoms with Gasteiger partial charge in [-0.25, -0.2) is 0 Å². The highest BCUT2D eigenvalue weighted by atomic mass is 16.5. The third-order valence-corrected chi connectivity index (χ3v) is 5.06. The van der Waals surface area contributed by atoms with Crippen molar-refractivity contribution in [3.8, 4) is 0 Å². The van der Waals surface area contributed by atoms with Gasteiger partial charge >= 0.3 is 5.97 Å². The number of benzene rings is 1. The van der Waals surface area contributed by atoms with Crippen molar-refractivity contribution in [1.82, 2.24) is 15.1 Å². The van der Waals surface area contributed by atoms with Crippen LogP contribution >= 0.6 is 0 Å². The van der Waals surface area contributed by atoms with E-state index in [0.717, 1.165) is 51.5 Å². The first-order valence-corrected chi connectivity index (χ1v) is 9.95. The lowest BCUT2D eigenvalue weighted by atomic mass is 9.97. The van der Waals surface area contributed by atoms with Crippen molar-refractivity contribution in [2.45, 2.75) is 39.8 Å². The van der Waals surface area contributed by atoms with Crippen LogP contribution in [0.5, 0.6) is 0 Å². The van der Waals surface area contributed by atoms with Crippen LogP contribution in [-0.2, 0) is 22.6 Å². The molecule has 1 saturated heterocycles. The normalized spacial score (nSPS) is 15.9. The minimum absolute atomic E-state index is 0.0199. The molecular weight excluding hydrogens is 340 g/mol. The molecule has 0 amide bonds. The Hall–Kier alpha value is -2.08. The van der Waals surface area contributed by atoms with Crippen LogP contribution in [0.1, 0.15) is 37.8 Å². The first kappa shape index (κ1) is 21.2. The maximum atomic E-state index is 11.9. The summed E-state index contributed by atoms with van der Waals surface area (Å²) in [6.07, 6.45) is 1.64. The summed E-state index contributed by atoms with van der Waals surface area (Å²) in [6, 6.07) is 8.68. The van der Waals surface area contributed by atoms with Gasteiger partial charge in [0, 0.05) is 33.2 Å². The molecule has 0 unspecified atom stereocenters. The highest BCUT2D eigenvalue weighted by molar-refractivity contribution is 5.80. The van der Waals surface area contributed by atoms with Gasteiger partial charge in [0.25, 0.3) is 0 Å². The second-order valence-electron chi connectivity index (χ2n) is 7.06. The Morgan fingerprint density at radius 3 is 2.63 bits per heavy atom. The van der Waals surface area contributed by atoms with E-state index in [4.69, 9.17) is 4.74 Å². The van der Waals surface area contributed by atoms with Gasteiger partial charge in [-0.15, -0.1) is 0 Å². The number of carbonyl (C=O) groups is 1. The summed E-state index contributed by atoms with van der Waals surface area (Å²) in [7, 11) is 3.94. The number of esters is 1. The Balaban J connectivity index is 1.86. The second kappa shape index (κ2) is 10.9. The fourth-order valence-corrected chi connectivity index (χ4v) is 3.36. The summed E-state index contributed by atoms with van der Waals surface area (Å²) in [4.78, 5) is 20.8. The molecule has 1 aliphatic rings. The van der Waals surface area contributed by atoms with Crippen LogP contribution < -0.4 is 5.32 Å². The standard InChI is InChI=1S/C21H34N4O2/c1-5-24(4)16-18-9-7-8-17(14-18)15-23-21(22-3)25-12-10-19(11-13-25)20(26)27-6-2/h7-9,14,19H,5-6,10-13,15-16H2,1-4H3,(H,22,23). The fourth-order valence-electron chi connectivity index (χ4n) is 3.36. The minimum Gasteiger partial charge on any atom is -0.466 e. The largest absolute Gasteiger partial charge is 0.466 e. The molecule has 0 atom stereocenters. The molecule has 0 bridgehead atoms. The Morgan fingerprint density at radius 1 is 1.30 bits per heavy atom. The van der Waals surface area contributed by atoms with Crippen LogP contribution in [-0.4, -0.2) is 62.1 Å². The van der Waals surface area contributed by atoms with E-state index >= 15 is 0 Å². The Morgan fingerprint density at radius 2 is 2.00 bits per heavy atom. The summed E-state index contributed by atoms with van der Waals surface area (Å²) in [5.41, 5.74) is 2.57. The molecule has 0 aliphatic carbocycles. The lowest BCUT2D eigenvalue weighted by Crippen LogP contribution is -2.46. The fraction of sp³-hybridized carbons (Fsp3) is 0.619. The van der Waals surface area contributed by atoms with Crippen LogP contribution in [0.4, 0.5) is 0 Å². The molecule has 6 heteroatoms. The zero-order valence-corrected chi connectivity index (χ0v) is 17.2. The number of hydrogen-bond donors (Lipinski definition) is 1. The number of ether oxygens (including phenoxy) is 1. The van der Waals surface area contributed by atoms with Gasteiger partial charge in [0.1, 0.15) is 0 Å². The Kier molecular flexibility index (Phi) is 8.58. The van der Waals surface area contributed by atoms with Crippen molar-refractivity contribution in [3.05, 3.63) is 35.4 Å². The van der Waals surface area contributed by atoms with Gasteiger partial charge in [0.15, 0.2) is 5.96 Å². The molecule has 0 saturated carbocycles. The predicted octanol–water partition coefficient (Wildman–Crippen LogP) is 2.49. The summed E-state index contributed by atoms with van der Waals surface area (Å²) in [6.45, 7) is 8.87. The van der Waals surface area contributed by atoms with Crippen LogP contribution in [0.3, 0.4) is 0 Å². The number of guanidine groups is 1. The van der Waals surface area contributed by atoms with Crippen molar-refractivity contribution < 1.29 is 9.53 Å². The van der Waals surface area contributed by atoms with Crippen molar-refractivity contribution in [3.63, 3.8) is 0 Å². The van der Waals surface area contributed by atoms with Crippen LogP contribution in [0.25, 0.3) is 0 Å². The minimum atomic E-state index is -0.0611. The summed E-state index contributed by atoms with van der Waals surface area (Å²) in [5, 5.41) is 3.47. The van der Waals surface area contributed by atoms with E-state index in [9.17, 15) is 4.79 Å². The molecule has 1 N–H and O–H groups in total. The second-order valence-corrected chi connectivity index (χ2v) is 7.06. The van der Waals surface area contributed by atoms with Crippen molar-refractivity contribution >= 4 is 11.9 Å². The maximum absolute atomic E-state index is 11.9. The molecule has 150 valence electrons. The van der Waals surface area contributed by atoms with Crippen molar-refractivity contribution in [2.24, 2.45) is 10.9 Å². The number of carbonyl (C=O) groups excluding carboxylic acids is 1. The topological polar surface area (TPSA) is 57.2 Å². The molecule has 6 nitrogen and oxygen atoms in total. The molecule has 1 aromatic carbocycles. The first-order chi connectivity index (χ1) is 13.1. The van der Waals surface area contributed by atoms with Gasteiger partial charge < -0.3 is 19.9 Å². The van der Waals surface area contributed by atoms with E-state index in [1.54, 1.807) is 0 Å². The molecule has 0 aromatic heterocycles. The van der Waals surface area contributed by atoms with Gasteiger partial charge in [-0.3, -0.25) is 9.79 Å². The maximum Gasteiger partial charge on any atom is 0.309 e. The van der Waals surface area contributed by atoms with E-state index < -0.39 is 0 Å². The summed E-state index contributed by atoms with van der Waals surface area (Å²) >= 11 is 0. The number of likely N-dealkylation sites (tertiary alicyclic amines) is 1. The van der Waals surface area contributed by atoms with Crippen LogP contribution in [0.2, 0.25) is 0 Å². The first-order valence-electron chi connectivity index (χ1n) is 9.95. The average Bonchev–Trinajstić information content (AvgIpc) is 2.69. The number of piperidine rings is 1. The van der Waals surface area contributed by atoms with Gasteiger partial charge in [-0.1, -0.05) is 31.2 Å². The van der Waals surface area contributed by atoms with Gasteiger partial charge in [-0.05, 0) is 44.5 Å². The van der Waals surface area contributed by atoms with Crippen LogP contribution in [0.15, 0.2) is 29.3 Å². The zero-order chi connectivity index (χ0) is 19.6. The zero-order valence-electron chi connectivity index (χ0n) is 17.2. The third-order valence-electron chi connectivity index (χ3n) is 5.06. The smallest absolute Gasteiger partial charge is 0.309 e. The molecule has 27 heavy (non-hydrogen) atoms. The van der Waals surface area contributed by atoms with Crippen molar-refractivity contribution in [1.29, 1.82) is 0 Å². The van der Waals surface area contributed by atoms with Gasteiger partial charge in [0.2, 0.25) is 0 Å². The third kappa shape index (κ3) is 6.54.